The van der Waals surface area contributed by atoms with Crippen LogP contribution in [0.1, 0.15) is 71.6 Å². The first-order valence-electron chi connectivity index (χ1n) is 6.65. The van der Waals surface area contributed by atoms with Crippen molar-refractivity contribution in [2.45, 2.75) is 82.1 Å². The van der Waals surface area contributed by atoms with Gasteiger partial charge in [-0.25, -0.2) is 0 Å². The molecule has 0 nitrogen and oxygen atoms in total. The minimum atomic E-state index is 0.864. The third-order valence-corrected chi connectivity index (χ3v) is 6.68. The maximum absolute atomic E-state index is 2.40. The van der Waals surface area contributed by atoms with Crippen LogP contribution in [0.2, 0.25) is 0 Å². The van der Waals surface area contributed by atoms with Crippen molar-refractivity contribution in [2.24, 2.45) is 0 Å². The Hall–Kier alpha value is 0.700. The maximum atomic E-state index is 2.40. The van der Waals surface area contributed by atoms with Gasteiger partial charge < -0.3 is 0 Å². The lowest BCUT2D eigenvalue weighted by Crippen LogP contribution is -2.07. The van der Waals surface area contributed by atoms with E-state index in [4.69, 9.17) is 0 Å². The van der Waals surface area contributed by atoms with Crippen molar-refractivity contribution in [3.05, 3.63) is 0 Å². The van der Waals surface area contributed by atoms with Crippen molar-refractivity contribution in [3.8, 4) is 0 Å². The Bertz CT molecular complexity index is 141. The molecular weight excluding hydrogens is 220 g/mol. The largest absolute Gasteiger partial charge is 0.0907 e. The molecule has 0 aromatic heterocycles. The third-order valence-electron chi connectivity index (χ3n) is 3.12. The molecule has 1 aliphatic rings. The molecule has 1 fully saturated rings. The van der Waals surface area contributed by atoms with Crippen LogP contribution in [0, 0.1) is 0 Å². The molecule has 0 amide bonds. The summed E-state index contributed by atoms with van der Waals surface area (Å²) >= 11 is 0. The summed E-state index contributed by atoms with van der Waals surface area (Å²) < 4.78 is 0. The lowest BCUT2D eigenvalue weighted by Gasteiger charge is -2.21. The lowest BCUT2D eigenvalue weighted by atomic mass is 10.0. The Morgan fingerprint density at radius 3 is 2.53 bits per heavy atom. The van der Waals surface area contributed by atoms with Crippen molar-refractivity contribution in [1.29, 1.82) is 0 Å². The molecule has 15 heavy (non-hydrogen) atoms. The topological polar surface area (TPSA) is 0 Å². The van der Waals surface area contributed by atoms with E-state index in [1.165, 1.54) is 57.8 Å². The number of unbranched alkanes of at least 4 members (excludes halogenated alkanes) is 2. The summed E-state index contributed by atoms with van der Waals surface area (Å²) in [6.07, 6.45) is 13.0. The predicted octanol–water partition coefficient (Wildman–Crippen LogP) is 5.67. The molecule has 1 aliphatic carbocycles. The Morgan fingerprint density at radius 1 is 1.13 bits per heavy atom. The monoisotopic (exact) mass is 246 g/mol. The molecule has 0 radical (unpaired) electrons. The van der Waals surface area contributed by atoms with E-state index in [2.05, 4.69) is 35.4 Å². The molecule has 0 heterocycles. The van der Waals surface area contributed by atoms with E-state index < -0.39 is 0 Å². The van der Waals surface area contributed by atoms with Crippen LogP contribution in [0.5, 0.6) is 0 Å². The summed E-state index contributed by atoms with van der Waals surface area (Å²) in [7, 11) is 4.33. The molecule has 90 valence electrons. The molecule has 0 aromatic carbocycles. The van der Waals surface area contributed by atoms with E-state index >= 15 is 0 Å². The van der Waals surface area contributed by atoms with E-state index in [1.54, 1.807) is 0 Å². The average molecular weight is 246 g/mol. The Kier molecular flexibility index (Phi) is 8.08. The van der Waals surface area contributed by atoms with E-state index in [0.717, 1.165) is 10.5 Å². The number of rotatable bonds is 7. The van der Waals surface area contributed by atoms with Gasteiger partial charge in [0.2, 0.25) is 0 Å². The molecule has 0 saturated heterocycles. The van der Waals surface area contributed by atoms with Gasteiger partial charge in [-0.05, 0) is 19.3 Å². The van der Waals surface area contributed by atoms with E-state index in [9.17, 15) is 0 Å². The van der Waals surface area contributed by atoms with Gasteiger partial charge >= 0.3 is 0 Å². The van der Waals surface area contributed by atoms with Crippen molar-refractivity contribution < 1.29 is 0 Å². The van der Waals surface area contributed by atoms with E-state index in [0.29, 0.717) is 0 Å². The summed E-state index contributed by atoms with van der Waals surface area (Å²) in [5.41, 5.74) is 0. The van der Waals surface area contributed by atoms with Crippen molar-refractivity contribution >= 4 is 21.6 Å². The highest BCUT2D eigenvalue weighted by Crippen LogP contribution is 2.39. The summed E-state index contributed by atoms with van der Waals surface area (Å²) in [4.78, 5) is 0. The molecular formula is C13H26S2. The Balaban J connectivity index is 1.97. The van der Waals surface area contributed by atoms with Gasteiger partial charge in [0.05, 0.1) is 0 Å². The predicted molar refractivity (Wildman–Crippen MR) is 75.7 cm³/mol. The van der Waals surface area contributed by atoms with Crippen LogP contribution in [0.4, 0.5) is 0 Å². The van der Waals surface area contributed by atoms with Gasteiger partial charge in [-0.15, -0.1) is 0 Å². The molecule has 0 spiro atoms. The molecule has 1 unspecified atom stereocenters. The molecule has 1 saturated carbocycles. The first kappa shape index (κ1) is 13.8. The molecule has 1 atom stereocenters. The van der Waals surface area contributed by atoms with E-state index in [1.807, 2.05) is 0 Å². The Labute approximate surface area is 104 Å². The van der Waals surface area contributed by atoms with Crippen LogP contribution in [0.25, 0.3) is 0 Å². The summed E-state index contributed by atoms with van der Waals surface area (Å²) in [6, 6.07) is 0. The zero-order valence-corrected chi connectivity index (χ0v) is 12.0. The zero-order valence-electron chi connectivity index (χ0n) is 10.3. The smallest absolute Gasteiger partial charge is 0.0151 e. The second kappa shape index (κ2) is 8.81. The van der Waals surface area contributed by atoms with Gasteiger partial charge in [-0.3, -0.25) is 0 Å². The molecule has 2 heteroatoms. The highest BCUT2D eigenvalue weighted by molar-refractivity contribution is 8.77. The average Bonchev–Trinajstić information content (AvgIpc) is 2.28. The first-order chi connectivity index (χ1) is 7.33. The first-order valence-corrected chi connectivity index (χ1v) is 8.92. The second-order valence-corrected chi connectivity index (χ2v) is 7.77. The summed E-state index contributed by atoms with van der Waals surface area (Å²) in [6.45, 7) is 4.69. The molecule has 1 rings (SSSR count). The normalized spacial score (nSPS) is 20.4. The number of hydrogen-bond acceptors (Lipinski definition) is 2. The molecule has 0 bridgehead atoms. The minimum Gasteiger partial charge on any atom is -0.0907 e. The molecule has 0 aromatic rings. The highest BCUT2D eigenvalue weighted by Gasteiger charge is 2.15. The van der Waals surface area contributed by atoms with Gasteiger partial charge in [0.15, 0.2) is 0 Å². The van der Waals surface area contributed by atoms with Crippen LogP contribution in [-0.4, -0.2) is 10.5 Å². The fraction of sp³-hybridized carbons (Fsp3) is 1.00. The van der Waals surface area contributed by atoms with Gasteiger partial charge in [-0.2, -0.15) is 0 Å². The van der Waals surface area contributed by atoms with Crippen LogP contribution in [0.3, 0.4) is 0 Å². The van der Waals surface area contributed by atoms with Crippen LogP contribution in [0.15, 0.2) is 0 Å². The fourth-order valence-electron chi connectivity index (χ4n) is 2.06. The highest BCUT2D eigenvalue weighted by atomic mass is 33.1. The zero-order chi connectivity index (χ0) is 10.9. The maximum Gasteiger partial charge on any atom is 0.0151 e. The third kappa shape index (κ3) is 6.78. The van der Waals surface area contributed by atoms with Gasteiger partial charge in [0.1, 0.15) is 0 Å². The second-order valence-electron chi connectivity index (χ2n) is 4.76. The van der Waals surface area contributed by atoms with Crippen molar-refractivity contribution in [3.63, 3.8) is 0 Å². The fourth-order valence-corrected chi connectivity index (χ4v) is 5.11. The SMILES string of the molecule is CCCCCC(C)SSC1CCCCC1. The van der Waals surface area contributed by atoms with Gasteiger partial charge in [-0.1, -0.05) is 74.0 Å². The molecule has 0 N–H and O–H groups in total. The quantitative estimate of drug-likeness (QED) is 0.419. The van der Waals surface area contributed by atoms with Crippen LogP contribution < -0.4 is 0 Å². The lowest BCUT2D eigenvalue weighted by molar-refractivity contribution is 0.517. The number of hydrogen-bond donors (Lipinski definition) is 0. The Morgan fingerprint density at radius 2 is 1.87 bits per heavy atom. The van der Waals surface area contributed by atoms with Gasteiger partial charge in [0, 0.05) is 10.5 Å². The van der Waals surface area contributed by atoms with Crippen molar-refractivity contribution in [1.82, 2.24) is 0 Å². The summed E-state index contributed by atoms with van der Waals surface area (Å²) in [5, 5.41) is 1.83. The summed E-state index contributed by atoms with van der Waals surface area (Å²) in [5.74, 6) is 0. The van der Waals surface area contributed by atoms with Crippen LogP contribution in [-0.2, 0) is 0 Å². The minimum absolute atomic E-state index is 0.864. The van der Waals surface area contributed by atoms with E-state index in [-0.39, 0.29) is 0 Å². The molecule has 0 aliphatic heterocycles. The van der Waals surface area contributed by atoms with Crippen LogP contribution >= 0.6 is 21.6 Å². The standard InChI is InChI=1S/C13H26S2/c1-3-4-6-9-12(2)14-15-13-10-7-5-8-11-13/h12-13H,3-11H2,1-2H3. The van der Waals surface area contributed by atoms with Crippen molar-refractivity contribution in [2.75, 3.05) is 0 Å². The van der Waals surface area contributed by atoms with Gasteiger partial charge in [0.25, 0.3) is 0 Å².